The molecule has 0 fully saturated rings. The smallest absolute Gasteiger partial charge is 0.139 e. The summed E-state index contributed by atoms with van der Waals surface area (Å²) in [7, 11) is 0. The van der Waals surface area contributed by atoms with Crippen molar-refractivity contribution in [2.45, 2.75) is 20.0 Å². The highest BCUT2D eigenvalue weighted by molar-refractivity contribution is 5.81. The maximum Gasteiger partial charge on any atom is 0.139 e. The van der Waals surface area contributed by atoms with Gasteiger partial charge in [-0.05, 0) is 31.0 Å². The minimum atomic E-state index is -1.10. The Bertz CT molecular complexity index is 774. The minimum Gasteiger partial charge on any atom is -0.458 e. The summed E-state index contributed by atoms with van der Waals surface area (Å²) < 4.78 is 19.8. The Hall–Kier alpha value is -2.13. The van der Waals surface area contributed by atoms with Crippen molar-refractivity contribution in [3.63, 3.8) is 0 Å². The fourth-order valence-electron chi connectivity index (χ4n) is 2.40. The first-order valence-corrected chi connectivity index (χ1v) is 6.50. The summed E-state index contributed by atoms with van der Waals surface area (Å²) in [6.45, 7) is 3.61. The lowest BCUT2D eigenvalue weighted by molar-refractivity contribution is 0.187. The van der Waals surface area contributed by atoms with Gasteiger partial charge in [0.1, 0.15) is 23.3 Å². The zero-order valence-electron chi connectivity index (χ0n) is 11.4. The van der Waals surface area contributed by atoms with E-state index in [4.69, 9.17) is 4.42 Å². The van der Waals surface area contributed by atoms with Gasteiger partial charge in [0.15, 0.2) is 0 Å². The van der Waals surface area contributed by atoms with Crippen molar-refractivity contribution in [2.75, 3.05) is 0 Å². The van der Waals surface area contributed by atoms with E-state index in [1.54, 1.807) is 31.2 Å². The van der Waals surface area contributed by atoms with Gasteiger partial charge in [0.2, 0.25) is 0 Å². The Balaban J connectivity index is 2.10. The first-order valence-electron chi connectivity index (χ1n) is 6.50. The van der Waals surface area contributed by atoms with E-state index in [9.17, 15) is 9.50 Å². The highest BCUT2D eigenvalue weighted by Crippen LogP contribution is 2.31. The van der Waals surface area contributed by atoms with Gasteiger partial charge in [-0.1, -0.05) is 36.4 Å². The molecule has 0 amide bonds. The van der Waals surface area contributed by atoms with Gasteiger partial charge in [0.25, 0.3) is 0 Å². The molecule has 1 aromatic heterocycles. The van der Waals surface area contributed by atoms with Crippen LogP contribution >= 0.6 is 0 Å². The van der Waals surface area contributed by atoms with Crippen molar-refractivity contribution < 1.29 is 13.9 Å². The number of para-hydroxylation sites is 1. The van der Waals surface area contributed by atoms with E-state index < -0.39 is 11.9 Å². The van der Waals surface area contributed by atoms with E-state index in [1.807, 2.05) is 25.1 Å². The second-order valence-electron chi connectivity index (χ2n) is 5.02. The monoisotopic (exact) mass is 270 g/mol. The number of fused-ring (bicyclic) bond motifs is 1. The topological polar surface area (TPSA) is 33.4 Å². The lowest BCUT2D eigenvalue weighted by atomic mass is 10.0. The molecule has 2 aromatic carbocycles. The molecule has 2 nitrogen and oxygen atoms in total. The average molecular weight is 270 g/mol. The third-order valence-corrected chi connectivity index (χ3v) is 3.55. The summed E-state index contributed by atoms with van der Waals surface area (Å²) in [6, 6.07) is 12.5. The molecule has 3 heteroatoms. The molecule has 3 rings (SSSR count). The summed E-state index contributed by atoms with van der Waals surface area (Å²) >= 11 is 0. The van der Waals surface area contributed by atoms with Gasteiger partial charge in [0, 0.05) is 10.9 Å². The first-order chi connectivity index (χ1) is 9.58. The van der Waals surface area contributed by atoms with Crippen LogP contribution in [0.1, 0.15) is 28.6 Å². The molecule has 0 aliphatic heterocycles. The van der Waals surface area contributed by atoms with E-state index >= 15 is 0 Å². The zero-order valence-corrected chi connectivity index (χ0v) is 11.4. The van der Waals surface area contributed by atoms with Gasteiger partial charge in [-0.15, -0.1) is 0 Å². The molecule has 0 saturated heterocycles. The van der Waals surface area contributed by atoms with E-state index in [0.717, 1.165) is 16.5 Å². The molecular formula is C17H15FO2. The van der Waals surface area contributed by atoms with Crippen LogP contribution in [0.25, 0.3) is 11.0 Å². The van der Waals surface area contributed by atoms with Crippen LogP contribution in [0, 0.1) is 19.7 Å². The number of hydrogen-bond acceptors (Lipinski definition) is 2. The summed E-state index contributed by atoms with van der Waals surface area (Å²) in [5, 5.41) is 11.3. The van der Waals surface area contributed by atoms with Crippen LogP contribution in [-0.2, 0) is 0 Å². The molecule has 1 heterocycles. The summed E-state index contributed by atoms with van der Waals surface area (Å²) in [6.07, 6.45) is -1.10. The van der Waals surface area contributed by atoms with E-state index in [2.05, 4.69) is 0 Å². The quantitative estimate of drug-likeness (QED) is 0.754. The molecule has 1 atom stereocenters. The van der Waals surface area contributed by atoms with Crippen molar-refractivity contribution in [3.05, 3.63) is 70.7 Å². The highest BCUT2D eigenvalue weighted by Gasteiger charge is 2.20. The third-order valence-electron chi connectivity index (χ3n) is 3.55. The molecule has 0 saturated carbocycles. The molecule has 3 aromatic rings. The van der Waals surface area contributed by atoms with Crippen LogP contribution in [0.15, 0.2) is 46.9 Å². The molecule has 0 aliphatic rings. The van der Waals surface area contributed by atoms with Crippen molar-refractivity contribution in [3.8, 4) is 0 Å². The molecule has 20 heavy (non-hydrogen) atoms. The van der Waals surface area contributed by atoms with Crippen LogP contribution in [0.2, 0.25) is 0 Å². The number of rotatable bonds is 2. The average Bonchev–Trinajstić information content (AvgIpc) is 2.87. The lowest BCUT2D eigenvalue weighted by Gasteiger charge is -2.10. The molecule has 1 unspecified atom stereocenters. The van der Waals surface area contributed by atoms with Gasteiger partial charge >= 0.3 is 0 Å². The highest BCUT2D eigenvalue weighted by atomic mass is 19.1. The van der Waals surface area contributed by atoms with Crippen LogP contribution in [0.5, 0.6) is 0 Å². The van der Waals surface area contributed by atoms with Crippen molar-refractivity contribution >= 4 is 11.0 Å². The summed E-state index contributed by atoms with van der Waals surface area (Å²) in [5.74, 6) is -0.0315. The number of halogens is 1. The Labute approximate surface area is 116 Å². The van der Waals surface area contributed by atoms with E-state index in [1.165, 1.54) is 0 Å². The normalized spacial score (nSPS) is 12.8. The maximum absolute atomic E-state index is 14.1. The van der Waals surface area contributed by atoms with Gasteiger partial charge in [-0.25, -0.2) is 4.39 Å². The standard InChI is InChI=1S/C17H15FO2/c1-10-5-4-8-13(15(10)18)16(19)14-9-12-7-3-6-11(2)17(12)20-14/h3-9,16,19H,1-2H3. The third kappa shape index (κ3) is 2.00. The molecule has 102 valence electrons. The number of benzene rings is 2. The van der Waals surface area contributed by atoms with Crippen LogP contribution in [0.3, 0.4) is 0 Å². The summed E-state index contributed by atoms with van der Waals surface area (Å²) in [5.41, 5.74) is 2.47. The first kappa shape index (κ1) is 12.9. The second-order valence-corrected chi connectivity index (χ2v) is 5.02. The Morgan fingerprint density at radius 3 is 2.50 bits per heavy atom. The largest absolute Gasteiger partial charge is 0.458 e. The van der Waals surface area contributed by atoms with Gasteiger partial charge in [-0.3, -0.25) is 0 Å². The molecule has 0 spiro atoms. The Morgan fingerprint density at radius 2 is 1.75 bits per heavy atom. The SMILES string of the molecule is Cc1cccc(C(O)c2cc3cccc(C)c3o2)c1F. The predicted octanol–water partition coefficient (Wildman–Crippen LogP) is 4.27. The molecule has 1 N–H and O–H groups in total. The van der Waals surface area contributed by atoms with E-state index in [-0.39, 0.29) is 5.56 Å². The number of aryl methyl sites for hydroxylation is 2. The molecular weight excluding hydrogens is 255 g/mol. The maximum atomic E-state index is 14.1. The van der Waals surface area contributed by atoms with Crippen LogP contribution in [0.4, 0.5) is 4.39 Å². The van der Waals surface area contributed by atoms with Gasteiger partial charge < -0.3 is 9.52 Å². The van der Waals surface area contributed by atoms with Gasteiger partial charge in [0.05, 0.1) is 0 Å². The van der Waals surface area contributed by atoms with Crippen molar-refractivity contribution in [1.82, 2.24) is 0 Å². The molecule has 0 aliphatic carbocycles. The van der Waals surface area contributed by atoms with Crippen molar-refractivity contribution in [2.24, 2.45) is 0 Å². The minimum absolute atomic E-state index is 0.238. The predicted molar refractivity (Wildman–Crippen MR) is 76.1 cm³/mol. The molecule has 0 radical (unpaired) electrons. The van der Waals surface area contributed by atoms with E-state index in [0.29, 0.717) is 11.3 Å². The van der Waals surface area contributed by atoms with Crippen molar-refractivity contribution in [1.29, 1.82) is 0 Å². The van der Waals surface area contributed by atoms with Gasteiger partial charge in [-0.2, -0.15) is 0 Å². The Morgan fingerprint density at radius 1 is 1.05 bits per heavy atom. The lowest BCUT2D eigenvalue weighted by Crippen LogP contribution is -2.02. The number of aliphatic hydroxyl groups excluding tert-OH is 1. The second kappa shape index (κ2) is 4.76. The van der Waals surface area contributed by atoms with Crippen LogP contribution < -0.4 is 0 Å². The number of furan rings is 1. The molecule has 0 bridgehead atoms. The fourth-order valence-corrected chi connectivity index (χ4v) is 2.40. The summed E-state index contributed by atoms with van der Waals surface area (Å²) in [4.78, 5) is 0. The zero-order chi connectivity index (χ0) is 14.3. The number of hydrogen-bond donors (Lipinski definition) is 1. The number of aliphatic hydroxyl groups is 1. The Kier molecular flexibility index (Phi) is 3.07. The van der Waals surface area contributed by atoms with Crippen LogP contribution in [-0.4, -0.2) is 5.11 Å². The fraction of sp³-hybridized carbons (Fsp3) is 0.176.